The summed E-state index contributed by atoms with van der Waals surface area (Å²) in [4.78, 5) is 20.1. The number of nitrogens with zero attached hydrogens (tertiary/aromatic N) is 5. The third-order valence-corrected chi connectivity index (χ3v) is 28.6. The Morgan fingerprint density at radius 3 is 1.28 bits per heavy atom. The molecule has 8 aromatic carbocycles. The van der Waals surface area contributed by atoms with Crippen molar-refractivity contribution in [2.45, 2.75) is 154 Å². The standard InChI is InChI=1S/C22H30N2O2S.C21H26ClN3O2S.C19H23BrN2O3S.C19H24N2O2S.CO2/c1-3-4-5-6-7-12-17-23-22-18-13-8-10-15-20(18)24(2)27(25,26)21-16-11-9-14-19(21)22;1-24-13-5-6-16(24)11-12-23-21-17-7-3-4-8-19(17)25(2)28(26,27)20-14-15(22)9-10-18(20)21;1-13-5-7-15-18(11-13)26(23,24)22(2)17-8-6-14(20)12-16(17)19(15)21-9-4-10-25-3;1-3-4-9-14-20-19-15-10-5-7-12-17(15)21(2)24(22,23)18-13-8-6-11-16(18)19;2-1-3/h8-11,13-16,22-23H,3-7,12,17H2,1-2H3;3-4,7-10,14,16,21,23H,5-6,11-13H2,1-2H3;5-8,11-12,19,21H,4,9-10H2,1-3H3;5-8,10-13,19-20H,3-4,9,14H2,1-2H3;. The molecule has 0 amide bonds. The fraction of sp³-hybridized carbons (Fsp3) is 0.402. The molecule has 1 fully saturated rings. The van der Waals surface area contributed by atoms with Crippen molar-refractivity contribution >= 4 is 96.5 Å². The van der Waals surface area contributed by atoms with E-state index in [0.29, 0.717) is 43.7 Å². The van der Waals surface area contributed by atoms with Gasteiger partial charge in [-0.3, -0.25) is 17.2 Å². The Kier molecular flexibility index (Phi) is 30.6. The molecule has 5 aliphatic heterocycles. The molecule has 1 saturated heterocycles. The number of rotatable bonds is 22. The predicted molar refractivity (Wildman–Crippen MR) is 435 cm³/mol. The van der Waals surface area contributed by atoms with Crippen molar-refractivity contribution in [2.75, 3.05) is 98.9 Å². The number of carbonyl (C=O) groups excluding carboxylic acids is 2. The molecule has 5 aliphatic rings. The van der Waals surface area contributed by atoms with E-state index in [2.05, 4.69) is 63.0 Å². The molecule has 26 heteroatoms. The maximum Gasteiger partial charge on any atom is 0.373 e. The van der Waals surface area contributed by atoms with Gasteiger partial charge in [0, 0.05) is 57.4 Å². The van der Waals surface area contributed by atoms with Crippen molar-refractivity contribution in [1.82, 2.24) is 26.2 Å². The second kappa shape index (κ2) is 39.0. The number of para-hydroxylation sites is 3. The highest BCUT2D eigenvalue weighted by Crippen LogP contribution is 2.45. The van der Waals surface area contributed by atoms with E-state index in [1.165, 1.54) is 68.6 Å². The number of unbranched alkanes of at least 4 members (excludes halogenated alkanes) is 7. The molecule has 0 saturated carbocycles. The fourth-order valence-electron chi connectivity index (χ4n) is 14.7. The lowest BCUT2D eigenvalue weighted by molar-refractivity contribution is -0.191. The van der Waals surface area contributed by atoms with Gasteiger partial charge in [-0.2, -0.15) is 9.59 Å². The number of sulfonamides is 4. The third kappa shape index (κ3) is 19.5. The molecule has 108 heavy (non-hydrogen) atoms. The van der Waals surface area contributed by atoms with Crippen LogP contribution < -0.4 is 38.5 Å². The summed E-state index contributed by atoms with van der Waals surface area (Å²) in [5.74, 6) is 0. The van der Waals surface area contributed by atoms with Crippen LogP contribution in [0.2, 0.25) is 5.02 Å². The number of likely N-dealkylation sites (tertiary alicyclic amines) is 1. The highest BCUT2D eigenvalue weighted by atomic mass is 79.9. The number of ether oxygens (including phenoxy) is 1. The number of methoxy groups -OCH3 is 1. The van der Waals surface area contributed by atoms with Gasteiger partial charge in [0.15, 0.2) is 0 Å². The molecule has 4 N–H and O–H groups in total. The smallest absolute Gasteiger partial charge is 0.373 e. The van der Waals surface area contributed by atoms with E-state index in [-0.39, 0.29) is 35.2 Å². The number of nitrogens with one attached hydrogen (secondary N) is 4. The van der Waals surface area contributed by atoms with Gasteiger partial charge < -0.3 is 30.9 Å². The molecule has 5 unspecified atom stereocenters. The number of aryl methyl sites for hydroxylation is 1. The lowest BCUT2D eigenvalue weighted by Gasteiger charge is -2.24. The first kappa shape index (κ1) is 84.7. The molecule has 0 radical (unpaired) electrons. The van der Waals surface area contributed by atoms with Gasteiger partial charge in [0.2, 0.25) is 0 Å². The Bertz CT molecular complexity index is 4880. The van der Waals surface area contributed by atoms with Crippen molar-refractivity contribution in [2.24, 2.45) is 0 Å². The number of benzene rings is 8. The Morgan fingerprint density at radius 2 is 0.806 bits per heavy atom. The van der Waals surface area contributed by atoms with Gasteiger partial charge in [0.05, 0.1) is 66.5 Å². The Balaban J connectivity index is 0.000000164. The SMILES string of the molecule is CCCCCCCCNC1c2ccccc2N(C)S(=O)(=O)c2ccccc21.CCCCCNC1c2ccccc2N(C)S(=O)(=O)c2ccccc21.CN1CCCC1CCNC1c2ccccc2N(C)S(=O)(=O)c2cc(Cl)ccc21.COCCCNC1c2cc(Br)ccc2N(C)S(=O)(=O)c2cc(C)ccc21.O=C=O. The normalized spacial score (nSPS) is 19.2. The van der Waals surface area contributed by atoms with Crippen LogP contribution in [-0.4, -0.2) is 132 Å². The lowest BCUT2D eigenvalue weighted by atomic mass is 9.96. The molecule has 0 aliphatic carbocycles. The van der Waals surface area contributed by atoms with Crippen LogP contribution in [0, 0.1) is 6.92 Å². The Hall–Kier alpha value is -7.33. The summed E-state index contributed by atoms with van der Waals surface area (Å²) in [6, 6.07) is 54.3. The van der Waals surface area contributed by atoms with Gasteiger partial charge in [-0.15, -0.1) is 0 Å². The van der Waals surface area contributed by atoms with Crippen LogP contribution in [0.5, 0.6) is 0 Å². The second-order valence-corrected chi connectivity index (χ2v) is 36.7. The molecule has 0 aromatic heterocycles. The molecular formula is C82H103BrClN9O11S4. The third-order valence-electron chi connectivity index (χ3n) is 20.6. The molecular weight excluding hydrogens is 1530 g/mol. The van der Waals surface area contributed by atoms with Crippen molar-refractivity contribution in [3.8, 4) is 0 Å². The van der Waals surface area contributed by atoms with Crippen LogP contribution in [0.4, 0.5) is 22.7 Å². The van der Waals surface area contributed by atoms with Crippen LogP contribution in [0.15, 0.2) is 200 Å². The summed E-state index contributed by atoms with van der Waals surface area (Å²) >= 11 is 9.68. The first-order valence-electron chi connectivity index (χ1n) is 37.0. The van der Waals surface area contributed by atoms with E-state index >= 15 is 0 Å². The van der Waals surface area contributed by atoms with Crippen molar-refractivity contribution < 1.29 is 48.0 Å². The molecule has 5 heterocycles. The van der Waals surface area contributed by atoms with Gasteiger partial charge >= 0.3 is 6.15 Å². The van der Waals surface area contributed by atoms with E-state index in [4.69, 9.17) is 25.9 Å². The largest absolute Gasteiger partial charge is 0.385 e. The van der Waals surface area contributed by atoms with E-state index in [0.717, 1.165) is 131 Å². The minimum Gasteiger partial charge on any atom is -0.385 e. The molecule has 20 nitrogen and oxygen atoms in total. The van der Waals surface area contributed by atoms with E-state index in [9.17, 15) is 33.7 Å². The first-order chi connectivity index (χ1) is 51.8. The van der Waals surface area contributed by atoms with Gasteiger partial charge in [0.1, 0.15) is 0 Å². The van der Waals surface area contributed by atoms with E-state index in [1.807, 2.05) is 140 Å². The maximum atomic E-state index is 13.2. The number of fused-ring (bicyclic) bond motifs is 8. The Morgan fingerprint density at radius 1 is 0.435 bits per heavy atom. The summed E-state index contributed by atoms with van der Waals surface area (Å²) < 4.78 is 117. The fourth-order valence-corrected chi connectivity index (χ4v) is 21.3. The van der Waals surface area contributed by atoms with Crippen molar-refractivity contribution in [3.05, 3.63) is 235 Å². The van der Waals surface area contributed by atoms with Gasteiger partial charge in [-0.25, -0.2) is 33.7 Å². The van der Waals surface area contributed by atoms with E-state index in [1.54, 1.807) is 77.8 Å². The van der Waals surface area contributed by atoms with Crippen molar-refractivity contribution in [3.63, 3.8) is 0 Å². The van der Waals surface area contributed by atoms with Crippen LogP contribution >= 0.6 is 27.5 Å². The van der Waals surface area contributed by atoms with Crippen LogP contribution in [0.3, 0.4) is 0 Å². The summed E-state index contributed by atoms with van der Waals surface area (Å²) in [5.41, 5.74) is 10.9. The number of halogens is 2. The number of hydrogen-bond acceptors (Lipinski definition) is 16. The quantitative estimate of drug-likeness (QED) is 0.0461. The topological polar surface area (TPSA) is 244 Å². The van der Waals surface area contributed by atoms with Gasteiger partial charge in [-0.05, 0) is 202 Å². The molecule has 13 rings (SSSR count). The average molecular weight is 1630 g/mol. The van der Waals surface area contributed by atoms with Gasteiger partial charge in [0.25, 0.3) is 40.1 Å². The summed E-state index contributed by atoms with van der Waals surface area (Å²) in [7, 11) is -4.05. The number of anilines is 4. The average Bonchev–Trinajstić information content (AvgIpc) is 1.63. The van der Waals surface area contributed by atoms with Crippen LogP contribution in [0.25, 0.3) is 0 Å². The molecule has 5 atom stereocenters. The molecule has 8 aromatic rings. The first-order valence-corrected chi connectivity index (χ1v) is 44.0. The predicted octanol–water partition coefficient (Wildman–Crippen LogP) is 15.2. The summed E-state index contributed by atoms with van der Waals surface area (Å²) in [5, 5.41) is 14.8. The maximum absolute atomic E-state index is 13.2. The number of hydrogen-bond donors (Lipinski definition) is 4. The van der Waals surface area contributed by atoms with Crippen LogP contribution in [-0.2, 0) is 54.4 Å². The summed E-state index contributed by atoms with van der Waals surface area (Å²) in [6.45, 7) is 11.4. The highest BCUT2D eigenvalue weighted by molar-refractivity contribution is 9.10. The highest BCUT2D eigenvalue weighted by Gasteiger charge is 2.39. The zero-order valence-corrected chi connectivity index (χ0v) is 68.8. The van der Waals surface area contributed by atoms with Crippen LogP contribution in [0.1, 0.15) is 172 Å². The Labute approximate surface area is 654 Å². The zero-order chi connectivity index (χ0) is 77.9. The lowest BCUT2D eigenvalue weighted by Crippen LogP contribution is -2.31. The van der Waals surface area contributed by atoms with Gasteiger partial charge in [-0.1, -0.05) is 196 Å². The monoisotopic (exact) mass is 1630 g/mol. The van der Waals surface area contributed by atoms with Crippen molar-refractivity contribution in [1.29, 1.82) is 0 Å². The van der Waals surface area contributed by atoms with E-state index < -0.39 is 40.1 Å². The molecule has 0 bridgehead atoms. The molecule has 0 spiro atoms. The molecule has 580 valence electrons. The zero-order valence-electron chi connectivity index (χ0n) is 63.2. The minimum absolute atomic E-state index is 0.117. The minimum atomic E-state index is -3.67. The second-order valence-electron chi connectivity index (χ2n) is 27.6. The summed E-state index contributed by atoms with van der Waals surface area (Å²) in [6.07, 6.45) is 15.5.